The van der Waals surface area contributed by atoms with Gasteiger partial charge in [-0.25, -0.2) is 8.78 Å². The average Bonchev–Trinajstić information content (AvgIpc) is 2.22. The number of rotatable bonds is 5. The standard InChI is InChI=1S/C12H16F2N2O/c1-8(4-5-15)16-12(17)6-9-2-3-10(13)7-11(9)14/h2-3,7-8H,4-6,15H2,1H3,(H,16,17). The number of halogens is 2. The maximum Gasteiger partial charge on any atom is 0.224 e. The van der Waals surface area contributed by atoms with Crippen molar-refractivity contribution in [1.82, 2.24) is 5.32 Å². The summed E-state index contributed by atoms with van der Waals surface area (Å²) >= 11 is 0. The first-order chi connectivity index (χ1) is 8.02. The van der Waals surface area contributed by atoms with Crippen LogP contribution < -0.4 is 11.1 Å². The summed E-state index contributed by atoms with van der Waals surface area (Å²) in [5.74, 6) is -1.65. The molecular weight excluding hydrogens is 226 g/mol. The van der Waals surface area contributed by atoms with E-state index >= 15 is 0 Å². The molecule has 0 aromatic heterocycles. The van der Waals surface area contributed by atoms with E-state index in [1.165, 1.54) is 6.07 Å². The van der Waals surface area contributed by atoms with Crippen LogP contribution in [0.1, 0.15) is 18.9 Å². The lowest BCUT2D eigenvalue weighted by molar-refractivity contribution is -0.121. The second-order valence-electron chi connectivity index (χ2n) is 3.96. The number of nitrogens with one attached hydrogen (secondary N) is 1. The zero-order valence-electron chi connectivity index (χ0n) is 9.67. The van der Waals surface area contributed by atoms with Crippen molar-refractivity contribution in [2.24, 2.45) is 5.73 Å². The van der Waals surface area contributed by atoms with E-state index in [2.05, 4.69) is 5.32 Å². The number of benzene rings is 1. The average molecular weight is 242 g/mol. The van der Waals surface area contributed by atoms with Crippen molar-refractivity contribution >= 4 is 5.91 Å². The SMILES string of the molecule is CC(CCN)NC(=O)Cc1ccc(F)cc1F. The highest BCUT2D eigenvalue weighted by Crippen LogP contribution is 2.10. The van der Waals surface area contributed by atoms with E-state index in [-0.39, 0.29) is 23.9 Å². The van der Waals surface area contributed by atoms with Crippen molar-refractivity contribution in [2.45, 2.75) is 25.8 Å². The third kappa shape index (κ3) is 4.48. The number of carbonyl (C=O) groups excluding carboxylic acids is 1. The van der Waals surface area contributed by atoms with Gasteiger partial charge in [0.2, 0.25) is 5.91 Å². The summed E-state index contributed by atoms with van der Waals surface area (Å²) in [4.78, 5) is 11.5. The van der Waals surface area contributed by atoms with Gasteiger partial charge in [-0.1, -0.05) is 6.07 Å². The van der Waals surface area contributed by atoms with Gasteiger partial charge in [-0.15, -0.1) is 0 Å². The highest BCUT2D eigenvalue weighted by molar-refractivity contribution is 5.78. The van der Waals surface area contributed by atoms with E-state index in [0.717, 1.165) is 12.1 Å². The highest BCUT2D eigenvalue weighted by atomic mass is 19.1. The molecule has 94 valence electrons. The molecule has 1 rings (SSSR count). The topological polar surface area (TPSA) is 55.1 Å². The Morgan fingerprint density at radius 3 is 2.76 bits per heavy atom. The van der Waals surface area contributed by atoms with Crippen LogP contribution in [0.2, 0.25) is 0 Å². The molecule has 0 bridgehead atoms. The van der Waals surface area contributed by atoms with Gasteiger partial charge in [0.15, 0.2) is 0 Å². The lowest BCUT2D eigenvalue weighted by atomic mass is 10.1. The molecule has 0 aliphatic rings. The predicted molar refractivity (Wildman–Crippen MR) is 61.3 cm³/mol. The first-order valence-corrected chi connectivity index (χ1v) is 5.46. The molecule has 0 aliphatic carbocycles. The Morgan fingerprint density at radius 1 is 1.47 bits per heavy atom. The molecule has 0 saturated carbocycles. The Kier molecular flexibility index (Phi) is 5.03. The summed E-state index contributed by atoms with van der Waals surface area (Å²) in [6.07, 6.45) is 0.568. The minimum absolute atomic E-state index is 0.0454. The lowest BCUT2D eigenvalue weighted by Crippen LogP contribution is -2.35. The number of hydrogen-bond acceptors (Lipinski definition) is 2. The molecule has 0 fully saturated rings. The minimum Gasteiger partial charge on any atom is -0.353 e. The number of nitrogens with two attached hydrogens (primary N) is 1. The van der Waals surface area contributed by atoms with Gasteiger partial charge in [-0.3, -0.25) is 4.79 Å². The van der Waals surface area contributed by atoms with Crippen molar-refractivity contribution in [3.05, 3.63) is 35.4 Å². The molecule has 1 unspecified atom stereocenters. The van der Waals surface area contributed by atoms with Crippen LogP contribution >= 0.6 is 0 Å². The van der Waals surface area contributed by atoms with Gasteiger partial charge in [-0.05, 0) is 31.5 Å². The molecule has 1 amide bonds. The van der Waals surface area contributed by atoms with Crippen LogP contribution in [0.25, 0.3) is 0 Å². The van der Waals surface area contributed by atoms with E-state index in [1.807, 2.05) is 6.92 Å². The van der Waals surface area contributed by atoms with Crippen LogP contribution in [0, 0.1) is 11.6 Å². The number of hydrogen-bond donors (Lipinski definition) is 2. The summed E-state index contributed by atoms with van der Waals surface area (Å²) in [6.45, 7) is 2.30. The number of carbonyl (C=O) groups is 1. The fourth-order valence-electron chi connectivity index (χ4n) is 1.49. The Hall–Kier alpha value is -1.49. The molecule has 1 aromatic rings. The van der Waals surface area contributed by atoms with Crippen LogP contribution in [0.3, 0.4) is 0 Å². The Balaban J connectivity index is 2.56. The Bertz CT molecular complexity index is 396. The zero-order chi connectivity index (χ0) is 12.8. The fraction of sp³-hybridized carbons (Fsp3) is 0.417. The molecule has 1 aromatic carbocycles. The molecule has 17 heavy (non-hydrogen) atoms. The Morgan fingerprint density at radius 2 is 2.18 bits per heavy atom. The van der Waals surface area contributed by atoms with Gasteiger partial charge in [0, 0.05) is 12.1 Å². The number of amides is 1. The molecule has 0 heterocycles. The minimum atomic E-state index is -0.702. The van der Waals surface area contributed by atoms with Crippen LogP contribution in [0.15, 0.2) is 18.2 Å². The Labute approximate surface area is 99.0 Å². The normalized spacial score (nSPS) is 12.2. The molecule has 1 atom stereocenters. The first kappa shape index (κ1) is 13.6. The van der Waals surface area contributed by atoms with E-state index < -0.39 is 11.6 Å². The van der Waals surface area contributed by atoms with Crippen molar-refractivity contribution < 1.29 is 13.6 Å². The van der Waals surface area contributed by atoms with Gasteiger partial charge < -0.3 is 11.1 Å². The second-order valence-corrected chi connectivity index (χ2v) is 3.96. The second kappa shape index (κ2) is 6.30. The third-order valence-corrected chi connectivity index (χ3v) is 2.37. The summed E-state index contributed by atoms with van der Waals surface area (Å²) in [5, 5.41) is 2.69. The van der Waals surface area contributed by atoms with E-state index in [0.29, 0.717) is 13.0 Å². The molecule has 3 N–H and O–H groups in total. The molecule has 5 heteroatoms. The first-order valence-electron chi connectivity index (χ1n) is 5.46. The van der Waals surface area contributed by atoms with Crippen LogP contribution in [0.5, 0.6) is 0 Å². The molecule has 0 spiro atoms. The van der Waals surface area contributed by atoms with Crippen LogP contribution in [0.4, 0.5) is 8.78 Å². The van der Waals surface area contributed by atoms with Crippen molar-refractivity contribution in [1.29, 1.82) is 0 Å². The lowest BCUT2D eigenvalue weighted by Gasteiger charge is -2.12. The predicted octanol–water partition coefficient (Wildman–Crippen LogP) is 1.36. The van der Waals surface area contributed by atoms with Gasteiger partial charge in [-0.2, -0.15) is 0 Å². The van der Waals surface area contributed by atoms with Crippen molar-refractivity contribution in [3.63, 3.8) is 0 Å². The molecule has 0 aliphatic heterocycles. The smallest absolute Gasteiger partial charge is 0.224 e. The van der Waals surface area contributed by atoms with Gasteiger partial charge in [0.05, 0.1) is 6.42 Å². The maximum absolute atomic E-state index is 13.3. The third-order valence-electron chi connectivity index (χ3n) is 2.37. The van der Waals surface area contributed by atoms with Crippen molar-refractivity contribution in [3.8, 4) is 0 Å². The molecule has 0 radical (unpaired) electrons. The molecular formula is C12H16F2N2O. The van der Waals surface area contributed by atoms with E-state index in [9.17, 15) is 13.6 Å². The summed E-state index contributed by atoms with van der Waals surface area (Å²) in [7, 11) is 0. The largest absolute Gasteiger partial charge is 0.353 e. The van der Waals surface area contributed by atoms with E-state index in [1.54, 1.807) is 0 Å². The quantitative estimate of drug-likeness (QED) is 0.819. The molecule has 3 nitrogen and oxygen atoms in total. The van der Waals surface area contributed by atoms with Crippen LogP contribution in [-0.2, 0) is 11.2 Å². The van der Waals surface area contributed by atoms with Crippen molar-refractivity contribution in [2.75, 3.05) is 6.54 Å². The summed E-state index contributed by atoms with van der Waals surface area (Å²) < 4.78 is 25.9. The van der Waals surface area contributed by atoms with Gasteiger partial charge >= 0.3 is 0 Å². The van der Waals surface area contributed by atoms with Gasteiger partial charge in [0.25, 0.3) is 0 Å². The van der Waals surface area contributed by atoms with Crippen LogP contribution in [-0.4, -0.2) is 18.5 Å². The van der Waals surface area contributed by atoms with Gasteiger partial charge in [0.1, 0.15) is 11.6 Å². The maximum atomic E-state index is 13.3. The summed E-state index contributed by atoms with van der Waals surface area (Å²) in [6, 6.07) is 3.13. The molecule has 0 saturated heterocycles. The highest BCUT2D eigenvalue weighted by Gasteiger charge is 2.11. The zero-order valence-corrected chi connectivity index (χ0v) is 9.67. The van der Waals surface area contributed by atoms with E-state index in [4.69, 9.17) is 5.73 Å². The monoisotopic (exact) mass is 242 g/mol. The fourth-order valence-corrected chi connectivity index (χ4v) is 1.49. The summed E-state index contributed by atoms with van der Waals surface area (Å²) in [5.41, 5.74) is 5.53.